The molecule has 1 rings (SSSR count). The summed E-state index contributed by atoms with van der Waals surface area (Å²) < 4.78 is 9.66. The predicted octanol–water partition coefficient (Wildman–Crippen LogP) is 1.92. The van der Waals surface area contributed by atoms with Gasteiger partial charge < -0.3 is 19.6 Å². The number of hydrogen-bond donors (Lipinski definition) is 1. The number of nitriles is 1. The number of oxime groups is 1. The van der Waals surface area contributed by atoms with E-state index in [-0.39, 0.29) is 19.1 Å². The van der Waals surface area contributed by atoms with E-state index in [9.17, 15) is 14.4 Å². The second-order valence-corrected chi connectivity index (χ2v) is 5.61. The van der Waals surface area contributed by atoms with Gasteiger partial charge in [-0.3, -0.25) is 0 Å². The third kappa shape index (κ3) is 7.56. The molecule has 1 aromatic carbocycles. The van der Waals surface area contributed by atoms with Crippen molar-refractivity contribution < 1.29 is 28.7 Å². The van der Waals surface area contributed by atoms with E-state index in [2.05, 4.69) is 20.0 Å². The van der Waals surface area contributed by atoms with Crippen molar-refractivity contribution in [1.82, 2.24) is 5.32 Å². The number of esters is 1. The Balaban J connectivity index is 2.65. The minimum Gasteiger partial charge on any atom is -0.461 e. The van der Waals surface area contributed by atoms with Gasteiger partial charge in [0.25, 0.3) is 5.71 Å². The molecule has 1 amide bonds. The molecule has 0 aromatic heterocycles. The molecule has 0 saturated heterocycles. The highest BCUT2D eigenvalue weighted by Gasteiger charge is 2.27. The summed E-state index contributed by atoms with van der Waals surface area (Å²) in [6, 6.07) is 9.41. The number of alkyl carbamates (subject to hydrolysis) is 1. The summed E-state index contributed by atoms with van der Waals surface area (Å²) in [5, 5.41) is 14.4. The molecular weight excluding hydrogens is 354 g/mol. The molecule has 1 N–H and O–H groups in total. The van der Waals surface area contributed by atoms with Gasteiger partial charge in [0.1, 0.15) is 18.7 Å². The highest BCUT2D eigenvalue weighted by Crippen LogP contribution is 2.06. The van der Waals surface area contributed by atoms with E-state index in [1.807, 2.05) is 6.07 Å². The van der Waals surface area contributed by atoms with Crippen molar-refractivity contribution >= 4 is 23.7 Å². The number of carbonyl (C=O) groups is 3. The highest BCUT2D eigenvalue weighted by atomic mass is 16.7. The first-order valence-electron chi connectivity index (χ1n) is 8.22. The first kappa shape index (κ1) is 21.6. The van der Waals surface area contributed by atoms with E-state index in [1.165, 1.54) is 6.07 Å². The average molecular weight is 375 g/mol. The van der Waals surface area contributed by atoms with Crippen LogP contribution in [0.3, 0.4) is 0 Å². The molecule has 27 heavy (non-hydrogen) atoms. The fourth-order valence-corrected chi connectivity index (χ4v) is 1.84. The van der Waals surface area contributed by atoms with Gasteiger partial charge in [0.15, 0.2) is 0 Å². The van der Waals surface area contributed by atoms with Gasteiger partial charge in [-0.05, 0) is 18.4 Å². The molecule has 0 aliphatic heterocycles. The van der Waals surface area contributed by atoms with Crippen LogP contribution in [0.15, 0.2) is 35.5 Å². The number of benzene rings is 1. The van der Waals surface area contributed by atoms with Crippen LogP contribution in [-0.4, -0.2) is 36.4 Å². The lowest BCUT2D eigenvalue weighted by Gasteiger charge is -2.18. The minimum atomic E-state index is -1.08. The molecule has 1 aromatic rings. The Labute approximate surface area is 156 Å². The average Bonchev–Trinajstić information content (AvgIpc) is 2.65. The minimum absolute atomic E-state index is 0.0339. The summed E-state index contributed by atoms with van der Waals surface area (Å²) in [6.45, 7) is 4.97. The van der Waals surface area contributed by atoms with Gasteiger partial charge in [-0.2, -0.15) is 5.26 Å². The maximum absolute atomic E-state index is 12.1. The lowest BCUT2D eigenvalue weighted by atomic mass is 10.1. The molecule has 0 unspecified atom stereocenters. The molecule has 0 fully saturated rings. The Hall–Kier alpha value is -3.41. The zero-order valence-electron chi connectivity index (χ0n) is 15.3. The van der Waals surface area contributed by atoms with E-state index in [0.717, 1.165) is 5.56 Å². The molecule has 1 atom stereocenters. The van der Waals surface area contributed by atoms with Crippen LogP contribution in [0.1, 0.15) is 26.3 Å². The van der Waals surface area contributed by atoms with Gasteiger partial charge in [-0.1, -0.05) is 49.3 Å². The van der Waals surface area contributed by atoms with Crippen LogP contribution in [-0.2, 0) is 30.5 Å². The van der Waals surface area contributed by atoms with Crippen LogP contribution in [0.2, 0.25) is 0 Å². The fourth-order valence-electron chi connectivity index (χ4n) is 1.84. The second-order valence-electron chi connectivity index (χ2n) is 5.61. The zero-order chi connectivity index (χ0) is 20.2. The first-order chi connectivity index (χ1) is 12.9. The van der Waals surface area contributed by atoms with Crippen LogP contribution in [0.4, 0.5) is 4.79 Å². The van der Waals surface area contributed by atoms with Crippen molar-refractivity contribution in [3.8, 4) is 6.07 Å². The van der Waals surface area contributed by atoms with E-state index in [1.54, 1.807) is 45.0 Å². The van der Waals surface area contributed by atoms with Crippen molar-refractivity contribution in [2.24, 2.45) is 11.1 Å². The number of nitrogens with one attached hydrogen (secondary N) is 1. The topological polar surface area (TPSA) is 127 Å². The Morgan fingerprint density at radius 1 is 1.19 bits per heavy atom. The van der Waals surface area contributed by atoms with Gasteiger partial charge in [0.05, 0.1) is 6.61 Å². The van der Waals surface area contributed by atoms with Crippen LogP contribution in [0.5, 0.6) is 0 Å². The Bertz CT molecular complexity index is 724. The fraction of sp³-hybridized carbons (Fsp3) is 0.389. The maximum atomic E-state index is 12.1. The molecular formula is C18H21N3O6. The van der Waals surface area contributed by atoms with Gasteiger partial charge in [-0.25, -0.2) is 14.4 Å². The van der Waals surface area contributed by atoms with E-state index in [0.29, 0.717) is 0 Å². The number of amides is 1. The normalized spacial score (nSPS) is 11.9. The standard InChI is InChI=1S/C18H21N3O6/c1-4-25-16(22)14(10-19)21-27-17(23)15(12(2)3)20-18(24)26-11-13-8-6-5-7-9-13/h5-9,12,15H,4,11H2,1-3H3,(H,20,24)/b21-14-/t15-/m0/s1. The van der Waals surface area contributed by atoms with Crippen LogP contribution in [0, 0.1) is 17.2 Å². The van der Waals surface area contributed by atoms with Crippen molar-refractivity contribution in [2.75, 3.05) is 6.61 Å². The molecule has 0 spiro atoms. The van der Waals surface area contributed by atoms with Crippen molar-refractivity contribution in [3.63, 3.8) is 0 Å². The SMILES string of the molecule is CCOC(=O)/C(C#N)=N\OC(=O)[C@@H](NC(=O)OCc1ccccc1)C(C)C. The van der Waals surface area contributed by atoms with Crippen molar-refractivity contribution in [1.29, 1.82) is 5.26 Å². The molecule has 0 aliphatic carbocycles. The van der Waals surface area contributed by atoms with Crippen LogP contribution >= 0.6 is 0 Å². The second kappa shape index (κ2) is 11.3. The monoisotopic (exact) mass is 375 g/mol. The third-order valence-corrected chi connectivity index (χ3v) is 3.21. The Morgan fingerprint density at radius 2 is 1.85 bits per heavy atom. The summed E-state index contributed by atoms with van der Waals surface area (Å²) in [6.07, 6.45) is -0.815. The lowest BCUT2D eigenvalue weighted by molar-refractivity contribution is -0.147. The smallest absolute Gasteiger partial charge is 0.408 e. The summed E-state index contributed by atoms with van der Waals surface area (Å²) in [4.78, 5) is 40.1. The molecule has 0 radical (unpaired) electrons. The summed E-state index contributed by atoms with van der Waals surface area (Å²) in [7, 11) is 0. The number of nitrogens with zero attached hydrogens (tertiary/aromatic N) is 2. The number of carbonyl (C=O) groups excluding carboxylic acids is 3. The molecule has 144 valence electrons. The molecule has 0 heterocycles. The van der Waals surface area contributed by atoms with Gasteiger partial charge in [0, 0.05) is 0 Å². The van der Waals surface area contributed by atoms with Crippen molar-refractivity contribution in [3.05, 3.63) is 35.9 Å². The highest BCUT2D eigenvalue weighted by molar-refractivity contribution is 6.42. The van der Waals surface area contributed by atoms with Gasteiger partial charge in [0.2, 0.25) is 0 Å². The van der Waals surface area contributed by atoms with E-state index in [4.69, 9.17) is 10.00 Å². The van der Waals surface area contributed by atoms with Gasteiger partial charge in [-0.15, -0.1) is 0 Å². The molecule has 9 heteroatoms. The molecule has 9 nitrogen and oxygen atoms in total. The van der Waals surface area contributed by atoms with Gasteiger partial charge >= 0.3 is 18.0 Å². The molecule has 0 aliphatic rings. The molecule has 0 bridgehead atoms. The van der Waals surface area contributed by atoms with E-state index >= 15 is 0 Å². The summed E-state index contributed by atoms with van der Waals surface area (Å²) >= 11 is 0. The Kier molecular flexibility index (Phi) is 9.02. The number of hydrogen-bond acceptors (Lipinski definition) is 8. The number of rotatable bonds is 8. The van der Waals surface area contributed by atoms with Crippen LogP contribution in [0.25, 0.3) is 0 Å². The number of ether oxygens (including phenoxy) is 2. The van der Waals surface area contributed by atoms with E-state index < -0.39 is 29.8 Å². The lowest BCUT2D eigenvalue weighted by Crippen LogP contribution is -2.45. The molecule has 0 saturated carbocycles. The van der Waals surface area contributed by atoms with Crippen LogP contribution < -0.4 is 5.32 Å². The first-order valence-corrected chi connectivity index (χ1v) is 8.22. The zero-order valence-corrected chi connectivity index (χ0v) is 15.3. The maximum Gasteiger partial charge on any atom is 0.408 e. The summed E-state index contributed by atoms with van der Waals surface area (Å²) in [5.41, 5.74) is 0.0772. The largest absolute Gasteiger partial charge is 0.461 e. The Morgan fingerprint density at radius 3 is 2.41 bits per heavy atom. The third-order valence-electron chi connectivity index (χ3n) is 3.21. The predicted molar refractivity (Wildman–Crippen MR) is 94.2 cm³/mol. The van der Waals surface area contributed by atoms with Crippen molar-refractivity contribution in [2.45, 2.75) is 33.4 Å². The quantitative estimate of drug-likeness (QED) is 0.318. The summed E-state index contributed by atoms with van der Waals surface area (Å²) in [5.74, 6) is -2.31.